The fourth-order valence-electron chi connectivity index (χ4n) is 4.75. The van der Waals surface area contributed by atoms with Gasteiger partial charge in [0.05, 0.1) is 6.61 Å². The van der Waals surface area contributed by atoms with E-state index in [0.29, 0.717) is 6.42 Å². The quantitative estimate of drug-likeness (QED) is 0.119. The van der Waals surface area contributed by atoms with Gasteiger partial charge in [-0.25, -0.2) is 4.57 Å². The average Bonchev–Trinajstić information content (AvgIpc) is 2.86. The lowest BCUT2D eigenvalue weighted by atomic mass is 10.0. The molecule has 6 heteroatoms. The van der Waals surface area contributed by atoms with Gasteiger partial charge in [-0.2, -0.15) is 0 Å². The monoisotopic (exact) mass is 520 g/mol. The zero-order valence-electron chi connectivity index (χ0n) is 22.4. The molecule has 0 aliphatic heterocycles. The molecule has 0 aliphatic rings. The fraction of sp³-hybridized carbons (Fsp3) is 0.667. The van der Waals surface area contributed by atoms with Crippen LogP contribution in [0.5, 0.6) is 5.75 Å². The molecule has 1 atom stereocenters. The molecule has 2 aromatic rings. The molecule has 0 radical (unpaired) electrons. The van der Waals surface area contributed by atoms with Crippen LogP contribution in [0, 0.1) is 0 Å². The number of phosphoric ester groups is 1. The smallest absolute Gasteiger partial charge is 0.469 e. The molecule has 0 aromatic heterocycles. The Bertz CT molecular complexity index is 860. The van der Waals surface area contributed by atoms with Crippen molar-refractivity contribution < 1.29 is 23.6 Å². The molecule has 0 spiro atoms. The molecule has 1 unspecified atom stereocenters. The van der Waals surface area contributed by atoms with Crippen LogP contribution < -0.4 is 4.74 Å². The second-order valence-corrected chi connectivity index (χ2v) is 11.3. The highest BCUT2D eigenvalue weighted by atomic mass is 31.2. The Kier molecular flexibility index (Phi) is 16.1. The molecule has 0 bridgehead atoms. The molecule has 204 valence electrons. The zero-order valence-corrected chi connectivity index (χ0v) is 23.3. The van der Waals surface area contributed by atoms with Crippen LogP contribution in [0.15, 0.2) is 42.5 Å². The Balaban J connectivity index is 1.58. The predicted octanol–water partition coefficient (Wildman–Crippen LogP) is 9.35. The van der Waals surface area contributed by atoms with Gasteiger partial charge in [0.2, 0.25) is 0 Å². The first-order valence-corrected chi connectivity index (χ1v) is 15.9. The van der Waals surface area contributed by atoms with Gasteiger partial charge in [-0.3, -0.25) is 4.52 Å². The van der Waals surface area contributed by atoms with E-state index in [4.69, 9.17) is 19.0 Å². The van der Waals surface area contributed by atoms with Crippen LogP contribution in [0.3, 0.4) is 0 Å². The molecule has 2 aromatic carbocycles. The van der Waals surface area contributed by atoms with Crippen molar-refractivity contribution >= 4 is 18.6 Å². The number of fused-ring (bicyclic) bond motifs is 1. The van der Waals surface area contributed by atoms with E-state index < -0.39 is 13.9 Å². The van der Waals surface area contributed by atoms with E-state index in [1.165, 1.54) is 89.9 Å². The molecule has 5 nitrogen and oxygen atoms in total. The highest BCUT2D eigenvalue weighted by Crippen LogP contribution is 2.36. The van der Waals surface area contributed by atoms with Crippen molar-refractivity contribution in [3.8, 4) is 5.75 Å². The summed E-state index contributed by atoms with van der Waals surface area (Å²) in [5.74, 6) is 0.726. The van der Waals surface area contributed by atoms with E-state index in [1.54, 1.807) is 0 Å². The Morgan fingerprint density at radius 2 is 1.19 bits per heavy atom. The van der Waals surface area contributed by atoms with E-state index in [0.717, 1.165) is 29.4 Å². The van der Waals surface area contributed by atoms with Crippen molar-refractivity contribution in [3.63, 3.8) is 0 Å². The molecule has 0 heterocycles. The second kappa shape index (κ2) is 18.8. The Morgan fingerprint density at radius 1 is 0.694 bits per heavy atom. The number of phosphoric acid groups is 1. The predicted molar refractivity (Wildman–Crippen MR) is 151 cm³/mol. The van der Waals surface area contributed by atoms with Gasteiger partial charge in [-0.05, 0) is 24.3 Å². The zero-order chi connectivity index (χ0) is 25.9. The maximum absolute atomic E-state index is 11.2. The van der Waals surface area contributed by atoms with Gasteiger partial charge in [-0.1, -0.05) is 140 Å². The van der Waals surface area contributed by atoms with E-state index in [1.807, 2.05) is 42.5 Å². The summed E-state index contributed by atoms with van der Waals surface area (Å²) in [6.07, 6.45) is 21.4. The van der Waals surface area contributed by atoms with Gasteiger partial charge >= 0.3 is 7.82 Å². The van der Waals surface area contributed by atoms with Crippen LogP contribution in [-0.2, 0) is 9.09 Å². The first-order chi connectivity index (χ1) is 17.5. The summed E-state index contributed by atoms with van der Waals surface area (Å²) in [7, 11) is -4.53. The Hall–Kier alpha value is -1.39. The summed E-state index contributed by atoms with van der Waals surface area (Å²) < 4.78 is 22.2. The van der Waals surface area contributed by atoms with Crippen molar-refractivity contribution in [1.82, 2.24) is 0 Å². The third kappa shape index (κ3) is 14.4. The summed E-state index contributed by atoms with van der Waals surface area (Å²) in [4.78, 5) is 18.3. The summed E-state index contributed by atoms with van der Waals surface area (Å²) in [6, 6.07) is 13.8. The molecule has 0 amide bonds. The number of benzene rings is 2. The van der Waals surface area contributed by atoms with E-state index in [2.05, 4.69) is 6.92 Å². The van der Waals surface area contributed by atoms with Gasteiger partial charge in [0.15, 0.2) is 0 Å². The van der Waals surface area contributed by atoms with Crippen molar-refractivity contribution in [2.75, 3.05) is 6.61 Å². The third-order valence-corrected chi connectivity index (χ3v) is 7.34. The number of hydrogen-bond donors (Lipinski definition) is 2. The van der Waals surface area contributed by atoms with Crippen molar-refractivity contribution in [3.05, 3.63) is 42.5 Å². The average molecular weight is 521 g/mol. The van der Waals surface area contributed by atoms with Crippen LogP contribution in [0.25, 0.3) is 10.8 Å². The van der Waals surface area contributed by atoms with Crippen molar-refractivity contribution in [1.29, 1.82) is 0 Å². The molecule has 0 fully saturated rings. The van der Waals surface area contributed by atoms with E-state index in [-0.39, 0.29) is 6.61 Å². The lowest BCUT2D eigenvalue weighted by Gasteiger charge is -2.20. The molecular formula is C30H49O5P. The van der Waals surface area contributed by atoms with Crippen LogP contribution in [0.2, 0.25) is 0 Å². The fourth-order valence-corrected chi connectivity index (χ4v) is 5.12. The molecule has 2 N–H and O–H groups in total. The highest BCUT2D eigenvalue weighted by Gasteiger charge is 2.20. The van der Waals surface area contributed by atoms with Crippen LogP contribution in [0.1, 0.15) is 116 Å². The first kappa shape index (κ1) is 30.8. The van der Waals surface area contributed by atoms with E-state index in [9.17, 15) is 4.57 Å². The number of unbranched alkanes of at least 4 members (excludes halogenated alkanes) is 15. The van der Waals surface area contributed by atoms with Gasteiger partial charge < -0.3 is 14.5 Å². The summed E-state index contributed by atoms with van der Waals surface area (Å²) in [6.45, 7) is 2.15. The molecule has 0 saturated carbocycles. The summed E-state index contributed by atoms with van der Waals surface area (Å²) in [5.41, 5.74) is 0. The number of hydrogen-bond acceptors (Lipinski definition) is 3. The van der Waals surface area contributed by atoms with Crippen LogP contribution in [-0.4, -0.2) is 22.5 Å². The summed E-state index contributed by atoms with van der Waals surface area (Å²) in [5, 5.41) is 2.07. The SMILES string of the molecule is CCCCCCCCCCCCCCCCCCC(COP(=O)(O)O)Oc1cccc2ccccc12. The normalized spacial score (nSPS) is 12.8. The topological polar surface area (TPSA) is 76.0 Å². The van der Waals surface area contributed by atoms with Gasteiger partial charge in [0, 0.05) is 5.39 Å². The molecule has 0 aliphatic carbocycles. The van der Waals surface area contributed by atoms with Crippen molar-refractivity contribution in [2.24, 2.45) is 0 Å². The third-order valence-electron chi connectivity index (χ3n) is 6.85. The number of ether oxygens (including phenoxy) is 1. The first-order valence-electron chi connectivity index (χ1n) is 14.3. The largest absolute Gasteiger partial charge is 0.487 e. The lowest BCUT2D eigenvalue weighted by Crippen LogP contribution is -2.22. The van der Waals surface area contributed by atoms with Crippen molar-refractivity contribution in [2.45, 2.75) is 122 Å². The molecule has 0 saturated heterocycles. The molecular weight excluding hydrogens is 471 g/mol. The summed E-state index contributed by atoms with van der Waals surface area (Å²) >= 11 is 0. The van der Waals surface area contributed by atoms with Gasteiger partial charge in [-0.15, -0.1) is 0 Å². The molecule has 2 rings (SSSR count). The molecule has 36 heavy (non-hydrogen) atoms. The maximum Gasteiger partial charge on any atom is 0.469 e. The second-order valence-electron chi connectivity index (χ2n) is 10.1. The maximum atomic E-state index is 11.2. The van der Waals surface area contributed by atoms with Crippen LogP contribution in [0.4, 0.5) is 0 Å². The minimum absolute atomic E-state index is 0.119. The Labute approximate surface area is 219 Å². The van der Waals surface area contributed by atoms with Crippen LogP contribution >= 0.6 is 7.82 Å². The standard InChI is InChI=1S/C30H49O5P/c1-2-3-4-5-6-7-8-9-10-11-12-13-14-15-16-17-23-28(26-34-36(31,32)33)35-30-25-20-22-27-21-18-19-24-29(27)30/h18-22,24-25,28H,2-17,23,26H2,1H3,(H2,31,32,33). The minimum Gasteiger partial charge on any atom is -0.487 e. The Morgan fingerprint density at radius 3 is 1.75 bits per heavy atom. The van der Waals surface area contributed by atoms with Gasteiger partial charge in [0.1, 0.15) is 11.9 Å². The highest BCUT2D eigenvalue weighted by molar-refractivity contribution is 7.46. The minimum atomic E-state index is -4.53. The number of rotatable bonds is 22. The van der Waals surface area contributed by atoms with Gasteiger partial charge in [0.25, 0.3) is 0 Å². The van der Waals surface area contributed by atoms with E-state index >= 15 is 0 Å². The lowest BCUT2D eigenvalue weighted by molar-refractivity contribution is 0.0952.